The number of aliphatic hydroxyl groups is 1. The van der Waals surface area contributed by atoms with Crippen molar-refractivity contribution in [2.45, 2.75) is 19.1 Å². The van der Waals surface area contributed by atoms with E-state index >= 15 is 0 Å². The Bertz CT molecular complexity index is 452. The number of anilines is 2. The fourth-order valence-electron chi connectivity index (χ4n) is 2.59. The Morgan fingerprint density at radius 2 is 1.95 bits per heavy atom. The summed E-state index contributed by atoms with van der Waals surface area (Å²) in [4.78, 5) is 8.72. The molecule has 19 heavy (non-hydrogen) atoms. The average molecular weight is 284 g/mol. The van der Waals surface area contributed by atoms with Gasteiger partial charge in [0.25, 0.3) is 0 Å². The number of ether oxygens (including phenoxy) is 1. The van der Waals surface area contributed by atoms with Crippen LogP contribution in [0.2, 0.25) is 5.02 Å². The van der Waals surface area contributed by atoms with Crippen LogP contribution >= 0.6 is 11.6 Å². The molecule has 2 aliphatic rings. The minimum atomic E-state index is -0.441. The molecule has 0 aliphatic carbocycles. The molecule has 3 heterocycles. The van der Waals surface area contributed by atoms with Crippen LogP contribution < -0.4 is 9.80 Å². The van der Waals surface area contributed by atoms with Gasteiger partial charge in [-0.05, 0) is 25.0 Å². The summed E-state index contributed by atoms with van der Waals surface area (Å²) < 4.78 is 5.35. The van der Waals surface area contributed by atoms with Crippen LogP contribution in [-0.2, 0) is 4.74 Å². The molecule has 3 rings (SSSR count). The number of aromatic nitrogens is 1. The van der Waals surface area contributed by atoms with Crippen LogP contribution in [0.1, 0.15) is 12.8 Å². The maximum absolute atomic E-state index is 9.94. The lowest BCUT2D eigenvalue weighted by molar-refractivity contribution is 0.122. The van der Waals surface area contributed by atoms with Gasteiger partial charge in [0, 0.05) is 24.7 Å². The number of rotatable bonds is 2. The first-order valence-electron chi connectivity index (χ1n) is 6.69. The quantitative estimate of drug-likeness (QED) is 0.891. The molecule has 0 amide bonds. The minimum Gasteiger partial charge on any atom is -0.378 e. The lowest BCUT2D eigenvalue weighted by atomic mass is 10.3. The molecule has 5 nitrogen and oxygen atoms in total. The van der Waals surface area contributed by atoms with Gasteiger partial charge < -0.3 is 19.6 Å². The summed E-state index contributed by atoms with van der Waals surface area (Å²) in [7, 11) is 0. The molecule has 0 aromatic carbocycles. The number of morpholine rings is 1. The van der Waals surface area contributed by atoms with Crippen molar-refractivity contribution < 1.29 is 9.84 Å². The smallest absolute Gasteiger partial charge is 0.134 e. The summed E-state index contributed by atoms with van der Waals surface area (Å²) >= 11 is 6.19. The minimum absolute atomic E-state index is 0.441. The number of pyridine rings is 1. The maximum atomic E-state index is 9.94. The Labute approximate surface area is 117 Å². The van der Waals surface area contributed by atoms with Crippen molar-refractivity contribution in [3.63, 3.8) is 0 Å². The highest BCUT2D eigenvalue weighted by Gasteiger charge is 2.24. The third-order valence-corrected chi connectivity index (χ3v) is 3.83. The Kier molecular flexibility index (Phi) is 3.77. The van der Waals surface area contributed by atoms with Gasteiger partial charge in [-0.25, -0.2) is 4.98 Å². The molecule has 0 saturated carbocycles. The van der Waals surface area contributed by atoms with Gasteiger partial charge in [-0.15, -0.1) is 0 Å². The fourth-order valence-corrected chi connectivity index (χ4v) is 2.78. The van der Waals surface area contributed by atoms with Crippen molar-refractivity contribution >= 4 is 23.2 Å². The molecule has 0 bridgehead atoms. The number of hydrogen-bond acceptors (Lipinski definition) is 5. The van der Waals surface area contributed by atoms with Gasteiger partial charge >= 0.3 is 0 Å². The lowest BCUT2D eigenvalue weighted by Crippen LogP contribution is -2.37. The molecule has 104 valence electrons. The fraction of sp³-hybridized carbons (Fsp3) is 0.615. The second-order valence-electron chi connectivity index (χ2n) is 4.92. The van der Waals surface area contributed by atoms with E-state index in [1.165, 1.54) is 0 Å². The van der Waals surface area contributed by atoms with Crippen LogP contribution in [0.15, 0.2) is 12.1 Å². The summed E-state index contributed by atoms with van der Waals surface area (Å²) in [5, 5.41) is 10.6. The van der Waals surface area contributed by atoms with Crippen molar-refractivity contribution in [2.24, 2.45) is 0 Å². The maximum Gasteiger partial charge on any atom is 0.134 e. The average Bonchev–Trinajstić information content (AvgIpc) is 2.85. The van der Waals surface area contributed by atoms with Crippen LogP contribution in [-0.4, -0.2) is 49.2 Å². The monoisotopic (exact) mass is 283 g/mol. The molecule has 1 atom stereocenters. The van der Waals surface area contributed by atoms with Gasteiger partial charge in [-0.2, -0.15) is 0 Å². The Morgan fingerprint density at radius 3 is 2.63 bits per heavy atom. The van der Waals surface area contributed by atoms with Gasteiger partial charge in [-0.1, -0.05) is 11.6 Å². The second-order valence-corrected chi connectivity index (χ2v) is 5.35. The van der Waals surface area contributed by atoms with Crippen LogP contribution in [0.5, 0.6) is 0 Å². The van der Waals surface area contributed by atoms with Crippen LogP contribution in [0.25, 0.3) is 0 Å². The van der Waals surface area contributed by atoms with E-state index in [1.807, 2.05) is 17.0 Å². The van der Waals surface area contributed by atoms with Crippen molar-refractivity contribution in [1.82, 2.24) is 4.98 Å². The molecule has 1 N–H and O–H groups in total. The van der Waals surface area contributed by atoms with Crippen molar-refractivity contribution in [3.05, 3.63) is 17.2 Å². The van der Waals surface area contributed by atoms with Crippen LogP contribution in [0.4, 0.5) is 11.6 Å². The standard InChI is InChI=1S/C13H18ClN3O2/c14-10-8-11(16-4-6-19-7-5-16)15-12(9-10)17-3-1-2-13(17)18/h8-9,13,18H,1-7H2. The van der Waals surface area contributed by atoms with E-state index in [0.29, 0.717) is 5.02 Å². The van der Waals surface area contributed by atoms with Gasteiger partial charge in [0.15, 0.2) is 0 Å². The van der Waals surface area contributed by atoms with Gasteiger partial charge in [0.1, 0.15) is 17.9 Å². The van der Waals surface area contributed by atoms with Crippen LogP contribution in [0.3, 0.4) is 0 Å². The molecule has 1 aromatic rings. The first-order valence-corrected chi connectivity index (χ1v) is 7.07. The topological polar surface area (TPSA) is 48.8 Å². The second kappa shape index (κ2) is 5.53. The first kappa shape index (κ1) is 13.0. The molecular formula is C13H18ClN3O2. The predicted octanol–water partition coefficient (Wildman–Crippen LogP) is 1.49. The zero-order valence-corrected chi connectivity index (χ0v) is 11.5. The summed E-state index contributed by atoms with van der Waals surface area (Å²) in [5.74, 6) is 1.63. The normalized spacial score (nSPS) is 24.0. The third kappa shape index (κ3) is 2.78. The van der Waals surface area contributed by atoms with Gasteiger partial charge in [-0.3, -0.25) is 0 Å². The SMILES string of the molecule is OC1CCCN1c1cc(Cl)cc(N2CCOCC2)n1. The third-order valence-electron chi connectivity index (χ3n) is 3.61. The van der Waals surface area contributed by atoms with E-state index in [4.69, 9.17) is 16.3 Å². The Hall–Kier alpha value is -1.04. The van der Waals surface area contributed by atoms with E-state index in [9.17, 15) is 5.11 Å². The van der Waals surface area contributed by atoms with E-state index in [1.54, 1.807) is 0 Å². The molecule has 1 unspecified atom stereocenters. The van der Waals surface area contributed by atoms with Gasteiger partial charge in [0.05, 0.1) is 13.2 Å². The molecular weight excluding hydrogens is 266 g/mol. The summed E-state index contributed by atoms with van der Waals surface area (Å²) in [6.45, 7) is 3.92. The highest BCUT2D eigenvalue weighted by molar-refractivity contribution is 6.31. The van der Waals surface area contributed by atoms with Crippen molar-refractivity contribution in [1.29, 1.82) is 0 Å². The molecule has 2 saturated heterocycles. The van der Waals surface area contributed by atoms with Gasteiger partial charge in [0.2, 0.25) is 0 Å². The Balaban J connectivity index is 1.86. The zero-order chi connectivity index (χ0) is 13.2. The Morgan fingerprint density at radius 1 is 1.21 bits per heavy atom. The molecule has 0 radical (unpaired) electrons. The zero-order valence-electron chi connectivity index (χ0n) is 10.8. The molecule has 2 aliphatic heterocycles. The number of halogens is 1. The van der Waals surface area contributed by atoms with Crippen LogP contribution in [0, 0.1) is 0 Å². The summed E-state index contributed by atoms with van der Waals surface area (Å²) in [6, 6.07) is 3.69. The highest BCUT2D eigenvalue weighted by Crippen LogP contribution is 2.28. The highest BCUT2D eigenvalue weighted by atomic mass is 35.5. The molecule has 0 spiro atoms. The number of aliphatic hydroxyl groups excluding tert-OH is 1. The lowest BCUT2D eigenvalue weighted by Gasteiger charge is -2.29. The van der Waals surface area contributed by atoms with E-state index in [0.717, 1.165) is 57.3 Å². The number of nitrogens with zero attached hydrogens (tertiary/aromatic N) is 3. The molecule has 6 heteroatoms. The first-order chi connectivity index (χ1) is 9.24. The summed E-state index contributed by atoms with van der Waals surface area (Å²) in [6.07, 6.45) is 1.34. The summed E-state index contributed by atoms with van der Waals surface area (Å²) in [5.41, 5.74) is 0. The molecule has 2 fully saturated rings. The van der Waals surface area contributed by atoms with Crippen molar-refractivity contribution in [2.75, 3.05) is 42.6 Å². The molecule has 1 aromatic heterocycles. The van der Waals surface area contributed by atoms with E-state index < -0.39 is 6.23 Å². The van der Waals surface area contributed by atoms with E-state index in [2.05, 4.69) is 9.88 Å². The predicted molar refractivity (Wildman–Crippen MR) is 74.9 cm³/mol. The largest absolute Gasteiger partial charge is 0.378 e. The number of hydrogen-bond donors (Lipinski definition) is 1. The van der Waals surface area contributed by atoms with E-state index in [-0.39, 0.29) is 0 Å². The van der Waals surface area contributed by atoms with Crippen molar-refractivity contribution in [3.8, 4) is 0 Å².